The van der Waals surface area contributed by atoms with Gasteiger partial charge < -0.3 is 10.1 Å². The fourth-order valence-electron chi connectivity index (χ4n) is 2.88. The van der Waals surface area contributed by atoms with E-state index in [-0.39, 0.29) is 18.4 Å². The van der Waals surface area contributed by atoms with Gasteiger partial charge in [0.05, 0.1) is 19.9 Å². The molecule has 0 aromatic heterocycles. The molecule has 7 heteroatoms. The Morgan fingerprint density at radius 2 is 1.69 bits per heavy atom. The number of rotatable bonds is 15. The fraction of sp³-hybridized carbons (Fsp3) is 0.591. The van der Waals surface area contributed by atoms with Gasteiger partial charge >= 0.3 is 0 Å². The molecule has 0 saturated heterocycles. The first-order valence-electron chi connectivity index (χ1n) is 10.5. The molecule has 29 heavy (non-hydrogen) atoms. The van der Waals surface area contributed by atoms with Gasteiger partial charge in [-0.05, 0) is 24.6 Å². The fourth-order valence-corrected chi connectivity index (χ4v) is 3.26. The standard InChI is InChI=1S/C22H34BrN3O3/c1-3-4-5-6-7-8-9-10-11-12-21(27)24-17-22(28)26-25-16-18-15-19(23)13-14-20(18)29-2/h13-16H,3-12,17H2,1-2H3,(H,24,27)(H,26,28)/b25-16+. The average Bonchev–Trinajstić information content (AvgIpc) is 2.71. The van der Waals surface area contributed by atoms with Crippen molar-refractivity contribution in [2.75, 3.05) is 13.7 Å². The van der Waals surface area contributed by atoms with Crippen LogP contribution in [0, 0.1) is 0 Å². The summed E-state index contributed by atoms with van der Waals surface area (Å²) in [6.45, 7) is 2.15. The molecule has 162 valence electrons. The summed E-state index contributed by atoms with van der Waals surface area (Å²) in [5.74, 6) is 0.192. The van der Waals surface area contributed by atoms with E-state index in [4.69, 9.17) is 4.74 Å². The number of carbonyl (C=O) groups excluding carboxylic acids is 2. The summed E-state index contributed by atoms with van der Waals surface area (Å²) in [5, 5.41) is 6.55. The van der Waals surface area contributed by atoms with Crippen molar-refractivity contribution in [3.8, 4) is 5.75 Å². The average molecular weight is 468 g/mol. The zero-order chi connectivity index (χ0) is 21.3. The molecule has 0 fully saturated rings. The van der Waals surface area contributed by atoms with Gasteiger partial charge in [0.1, 0.15) is 5.75 Å². The van der Waals surface area contributed by atoms with Gasteiger partial charge in [0.25, 0.3) is 5.91 Å². The Hall–Kier alpha value is -1.89. The lowest BCUT2D eigenvalue weighted by atomic mass is 10.1. The van der Waals surface area contributed by atoms with Crippen LogP contribution in [-0.4, -0.2) is 31.7 Å². The van der Waals surface area contributed by atoms with E-state index in [1.165, 1.54) is 51.2 Å². The molecule has 0 radical (unpaired) electrons. The summed E-state index contributed by atoms with van der Waals surface area (Å²) in [6, 6.07) is 5.50. The molecule has 1 rings (SSSR count). The molecule has 6 nitrogen and oxygen atoms in total. The summed E-state index contributed by atoms with van der Waals surface area (Å²) >= 11 is 3.38. The van der Waals surface area contributed by atoms with E-state index in [0.717, 1.165) is 22.9 Å². The van der Waals surface area contributed by atoms with E-state index in [1.807, 2.05) is 12.1 Å². The van der Waals surface area contributed by atoms with Crippen molar-refractivity contribution in [1.82, 2.24) is 10.7 Å². The number of ether oxygens (including phenoxy) is 1. The zero-order valence-electron chi connectivity index (χ0n) is 17.6. The van der Waals surface area contributed by atoms with Crippen LogP contribution in [0.15, 0.2) is 27.8 Å². The van der Waals surface area contributed by atoms with Crippen molar-refractivity contribution in [3.05, 3.63) is 28.2 Å². The number of amides is 2. The second-order valence-electron chi connectivity index (χ2n) is 7.03. The van der Waals surface area contributed by atoms with Crippen LogP contribution in [0.2, 0.25) is 0 Å². The van der Waals surface area contributed by atoms with Gasteiger partial charge in [0, 0.05) is 16.5 Å². The quantitative estimate of drug-likeness (QED) is 0.217. The monoisotopic (exact) mass is 467 g/mol. The van der Waals surface area contributed by atoms with Crippen LogP contribution >= 0.6 is 15.9 Å². The Kier molecular flexibility index (Phi) is 13.8. The van der Waals surface area contributed by atoms with E-state index < -0.39 is 0 Å². The van der Waals surface area contributed by atoms with Gasteiger partial charge in [-0.25, -0.2) is 5.43 Å². The third-order valence-electron chi connectivity index (χ3n) is 4.54. The van der Waals surface area contributed by atoms with Gasteiger partial charge in [0.15, 0.2) is 0 Å². The van der Waals surface area contributed by atoms with E-state index in [0.29, 0.717) is 12.2 Å². The molecule has 0 atom stereocenters. The van der Waals surface area contributed by atoms with Crippen LogP contribution < -0.4 is 15.5 Å². The van der Waals surface area contributed by atoms with Crippen molar-refractivity contribution < 1.29 is 14.3 Å². The Morgan fingerprint density at radius 3 is 2.34 bits per heavy atom. The molecular formula is C22H34BrN3O3. The second-order valence-corrected chi connectivity index (χ2v) is 7.95. The molecular weight excluding hydrogens is 434 g/mol. The van der Waals surface area contributed by atoms with E-state index in [1.54, 1.807) is 13.2 Å². The molecule has 0 heterocycles. The lowest BCUT2D eigenvalue weighted by Gasteiger charge is -2.06. The molecule has 2 N–H and O–H groups in total. The number of hydrazone groups is 1. The molecule has 0 bridgehead atoms. The number of unbranched alkanes of at least 4 members (excludes halogenated alkanes) is 8. The molecule has 1 aromatic rings. The number of methoxy groups -OCH3 is 1. The van der Waals surface area contributed by atoms with Crippen LogP contribution in [0.25, 0.3) is 0 Å². The number of nitrogens with one attached hydrogen (secondary N) is 2. The van der Waals surface area contributed by atoms with Gasteiger partial charge in [-0.1, -0.05) is 74.2 Å². The van der Waals surface area contributed by atoms with Crippen molar-refractivity contribution in [2.45, 2.75) is 71.1 Å². The summed E-state index contributed by atoms with van der Waals surface area (Å²) in [5.41, 5.74) is 3.14. The minimum atomic E-state index is -0.365. The Labute approximate surface area is 183 Å². The predicted molar refractivity (Wildman–Crippen MR) is 121 cm³/mol. The maximum absolute atomic E-state index is 11.8. The number of halogens is 1. The number of carbonyl (C=O) groups is 2. The summed E-state index contributed by atoms with van der Waals surface area (Å²) in [4.78, 5) is 23.6. The molecule has 1 aromatic carbocycles. The van der Waals surface area contributed by atoms with Crippen molar-refractivity contribution >= 4 is 34.0 Å². The highest BCUT2D eigenvalue weighted by Crippen LogP contribution is 2.21. The van der Waals surface area contributed by atoms with E-state index >= 15 is 0 Å². The SMILES string of the molecule is CCCCCCCCCCCC(=O)NCC(=O)N/N=C/c1cc(Br)ccc1OC. The minimum Gasteiger partial charge on any atom is -0.496 e. The third-order valence-corrected chi connectivity index (χ3v) is 5.03. The maximum atomic E-state index is 11.8. The van der Waals surface area contributed by atoms with Gasteiger partial charge in [-0.3, -0.25) is 9.59 Å². The summed E-state index contributed by atoms with van der Waals surface area (Å²) in [7, 11) is 1.57. The highest BCUT2D eigenvalue weighted by atomic mass is 79.9. The molecule has 0 aliphatic rings. The molecule has 0 saturated carbocycles. The Bertz CT molecular complexity index is 650. The lowest BCUT2D eigenvalue weighted by Crippen LogP contribution is -2.34. The summed E-state index contributed by atoms with van der Waals surface area (Å²) in [6.07, 6.45) is 12.9. The number of hydrogen-bond donors (Lipinski definition) is 2. The van der Waals surface area contributed by atoms with E-state index in [2.05, 4.69) is 38.7 Å². The molecule has 2 amide bonds. The Morgan fingerprint density at radius 1 is 1.03 bits per heavy atom. The van der Waals surface area contributed by atoms with Crippen molar-refractivity contribution in [2.24, 2.45) is 5.10 Å². The molecule has 0 unspecified atom stereocenters. The van der Waals surface area contributed by atoms with Gasteiger partial charge in [-0.2, -0.15) is 5.10 Å². The van der Waals surface area contributed by atoms with Gasteiger partial charge in [0.2, 0.25) is 5.91 Å². The molecule has 0 aliphatic heterocycles. The van der Waals surface area contributed by atoms with E-state index in [9.17, 15) is 9.59 Å². The predicted octanol–water partition coefficient (Wildman–Crippen LogP) is 4.94. The highest BCUT2D eigenvalue weighted by molar-refractivity contribution is 9.10. The maximum Gasteiger partial charge on any atom is 0.259 e. The van der Waals surface area contributed by atoms with Crippen LogP contribution in [0.3, 0.4) is 0 Å². The second kappa shape index (κ2) is 16.0. The first-order valence-corrected chi connectivity index (χ1v) is 11.3. The number of benzene rings is 1. The first-order chi connectivity index (χ1) is 14.1. The van der Waals surface area contributed by atoms with Crippen LogP contribution in [-0.2, 0) is 9.59 Å². The largest absolute Gasteiger partial charge is 0.496 e. The molecule has 0 aliphatic carbocycles. The minimum absolute atomic E-state index is 0.0801. The zero-order valence-corrected chi connectivity index (χ0v) is 19.2. The number of nitrogens with zero attached hydrogens (tertiary/aromatic N) is 1. The Balaban J connectivity index is 2.12. The summed E-state index contributed by atoms with van der Waals surface area (Å²) < 4.78 is 6.12. The van der Waals surface area contributed by atoms with Crippen LogP contribution in [0.4, 0.5) is 0 Å². The lowest BCUT2D eigenvalue weighted by molar-refractivity contribution is -0.126. The first kappa shape index (κ1) is 25.1. The van der Waals surface area contributed by atoms with Crippen LogP contribution in [0.1, 0.15) is 76.7 Å². The topological polar surface area (TPSA) is 79.8 Å². The van der Waals surface area contributed by atoms with Crippen molar-refractivity contribution in [1.29, 1.82) is 0 Å². The normalized spacial score (nSPS) is 10.9. The van der Waals surface area contributed by atoms with Crippen LogP contribution in [0.5, 0.6) is 5.75 Å². The molecule has 0 spiro atoms. The third kappa shape index (κ3) is 12.3. The number of hydrogen-bond acceptors (Lipinski definition) is 4. The highest BCUT2D eigenvalue weighted by Gasteiger charge is 2.05. The smallest absolute Gasteiger partial charge is 0.259 e. The van der Waals surface area contributed by atoms with Gasteiger partial charge in [-0.15, -0.1) is 0 Å². The van der Waals surface area contributed by atoms with Crippen molar-refractivity contribution in [3.63, 3.8) is 0 Å².